The number of aromatic nitrogens is 1. The third-order valence-corrected chi connectivity index (χ3v) is 6.96. The van der Waals surface area contributed by atoms with Crippen LogP contribution in [0.2, 0.25) is 10.0 Å². The highest BCUT2D eigenvalue weighted by atomic mass is 35.5. The van der Waals surface area contributed by atoms with Gasteiger partial charge < -0.3 is 14.6 Å². The zero-order valence-corrected chi connectivity index (χ0v) is 21.5. The maximum atomic E-state index is 12.8. The normalized spacial score (nSPS) is 13.1. The van der Waals surface area contributed by atoms with Crippen molar-refractivity contribution in [3.63, 3.8) is 0 Å². The molecule has 0 radical (unpaired) electrons. The van der Waals surface area contributed by atoms with Gasteiger partial charge in [0.05, 0.1) is 20.5 Å². The van der Waals surface area contributed by atoms with E-state index in [0.717, 1.165) is 25.9 Å². The summed E-state index contributed by atoms with van der Waals surface area (Å²) in [5.74, 6) is -0.247. The van der Waals surface area contributed by atoms with Crippen LogP contribution in [0.3, 0.4) is 0 Å². The van der Waals surface area contributed by atoms with Gasteiger partial charge in [-0.2, -0.15) is 0 Å². The Morgan fingerprint density at radius 2 is 1.89 bits per heavy atom. The molecule has 0 unspecified atom stereocenters. The molecule has 1 fully saturated rings. The first kappa shape index (κ1) is 24.9. The highest BCUT2D eigenvalue weighted by Crippen LogP contribution is 2.35. The molecule has 188 valence electrons. The van der Waals surface area contributed by atoms with E-state index in [2.05, 4.69) is 15.6 Å². The second-order valence-electron chi connectivity index (χ2n) is 8.37. The number of hydrogen-bond acceptors (Lipinski definition) is 7. The molecule has 2 heterocycles. The Bertz CT molecular complexity index is 1550. The van der Waals surface area contributed by atoms with E-state index in [-0.39, 0.29) is 16.4 Å². The number of nitrogens with zero attached hydrogens (tertiary/aromatic N) is 3. The minimum atomic E-state index is -0.561. The summed E-state index contributed by atoms with van der Waals surface area (Å²) >= 11 is 17.7. The van der Waals surface area contributed by atoms with Gasteiger partial charge in [0.25, 0.3) is 11.6 Å². The monoisotopic (exact) mass is 555 g/mol. The summed E-state index contributed by atoms with van der Waals surface area (Å²) in [5, 5.41) is 17.9. The summed E-state index contributed by atoms with van der Waals surface area (Å²) in [5.41, 5.74) is 2.72. The Labute approximate surface area is 226 Å². The molecule has 12 heteroatoms. The number of nitro groups is 1. The maximum Gasteiger partial charge on any atom is 0.293 e. The van der Waals surface area contributed by atoms with Crippen LogP contribution in [0.25, 0.3) is 22.6 Å². The van der Waals surface area contributed by atoms with Crippen LogP contribution in [0.4, 0.5) is 17.1 Å². The number of rotatable bonds is 5. The van der Waals surface area contributed by atoms with Crippen molar-refractivity contribution in [1.29, 1.82) is 0 Å². The molecule has 5 rings (SSSR count). The molecule has 0 aliphatic carbocycles. The van der Waals surface area contributed by atoms with E-state index in [0.29, 0.717) is 44.0 Å². The van der Waals surface area contributed by atoms with Gasteiger partial charge in [-0.1, -0.05) is 29.3 Å². The van der Waals surface area contributed by atoms with Crippen LogP contribution in [0, 0.1) is 10.1 Å². The van der Waals surface area contributed by atoms with Crippen LogP contribution in [-0.2, 0) is 0 Å². The Morgan fingerprint density at radius 1 is 1.11 bits per heavy atom. The van der Waals surface area contributed by atoms with E-state index >= 15 is 0 Å². The van der Waals surface area contributed by atoms with Gasteiger partial charge in [-0.25, -0.2) is 4.98 Å². The van der Waals surface area contributed by atoms with Crippen LogP contribution in [0.1, 0.15) is 23.2 Å². The summed E-state index contributed by atoms with van der Waals surface area (Å²) in [4.78, 5) is 30.4. The molecule has 1 amide bonds. The van der Waals surface area contributed by atoms with Gasteiger partial charge in [0.2, 0.25) is 5.89 Å². The Morgan fingerprint density at radius 3 is 2.65 bits per heavy atom. The van der Waals surface area contributed by atoms with Crippen molar-refractivity contribution in [2.75, 3.05) is 23.3 Å². The van der Waals surface area contributed by atoms with Gasteiger partial charge in [-0.3, -0.25) is 20.2 Å². The predicted octanol–water partition coefficient (Wildman–Crippen LogP) is 6.44. The lowest BCUT2D eigenvalue weighted by Crippen LogP contribution is -2.34. The molecule has 3 aromatic carbocycles. The summed E-state index contributed by atoms with van der Waals surface area (Å²) in [6.07, 6.45) is 1.96. The number of amides is 1. The van der Waals surface area contributed by atoms with Crippen molar-refractivity contribution in [3.05, 3.63) is 80.3 Å². The maximum absolute atomic E-state index is 12.8. The highest BCUT2D eigenvalue weighted by Gasteiger charge is 2.24. The van der Waals surface area contributed by atoms with E-state index in [4.69, 9.17) is 39.8 Å². The summed E-state index contributed by atoms with van der Waals surface area (Å²) in [7, 11) is 0. The molecule has 1 aromatic heterocycles. The van der Waals surface area contributed by atoms with Gasteiger partial charge in [-0.15, -0.1) is 0 Å². The smallest absolute Gasteiger partial charge is 0.293 e. The molecule has 2 N–H and O–H groups in total. The zero-order chi connectivity index (χ0) is 26.1. The molecule has 4 aromatic rings. The average molecular weight is 556 g/mol. The number of carbonyl (C=O) groups excluding carboxylic acids is 1. The number of nitro benzene ring substituents is 1. The molecular formula is C25H19Cl2N5O4S. The van der Waals surface area contributed by atoms with Gasteiger partial charge in [0, 0.05) is 30.4 Å². The van der Waals surface area contributed by atoms with Crippen LogP contribution in [0.15, 0.2) is 59.0 Å². The van der Waals surface area contributed by atoms with Crippen LogP contribution in [-0.4, -0.2) is 34.0 Å². The number of anilines is 2. The van der Waals surface area contributed by atoms with Gasteiger partial charge >= 0.3 is 0 Å². The molecule has 0 bridgehead atoms. The number of hydrogen-bond donors (Lipinski definition) is 2. The van der Waals surface area contributed by atoms with Gasteiger partial charge in [0.15, 0.2) is 10.7 Å². The van der Waals surface area contributed by atoms with Crippen molar-refractivity contribution < 1.29 is 14.1 Å². The van der Waals surface area contributed by atoms with Gasteiger partial charge in [0.1, 0.15) is 11.2 Å². The van der Waals surface area contributed by atoms with Crippen molar-refractivity contribution in [2.45, 2.75) is 12.8 Å². The number of oxazole rings is 1. The molecule has 0 saturated carbocycles. The molecule has 37 heavy (non-hydrogen) atoms. The first-order valence-electron chi connectivity index (χ1n) is 11.3. The molecule has 1 saturated heterocycles. The van der Waals surface area contributed by atoms with Crippen molar-refractivity contribution >= 4 is 74.6 Å². The Balaban J connectivity index is 1.30. The third kappa shape index (κ3) is 5.22. The molecule has 1 aliphatic rings. The number of fused-ring (bicyclic) bond motifs is 1. The highest BCUT2D eigenvalue weighted by molar-refractivity contribution is 7.80. The average Bonchev–Trinajstić information content (AvgIpc) is 3.55. The lowest BCUT2D eigenvalue weighted by atomic mass is 10.1. The quantitative estimate of drug-likeness (QED) is 0.164. The topological polar surface area (TPSA) is 114 Å². The van der Waals surface area contributed by atoms with Crippen molar-refractivity contribution in [1.82, 2.24) is 10.3 Å². The second-order valence-corrected chi connectivity index (χ2v) is 9.56. The first-order chi connectivity index (χ1) is 17.8. The molecule has 9 nitrogen and oxygen atoms in total. The number of carbonyl (C=O) groups is 1. The van der Waals surface area contributed by atoms with Crippen LogP contribution in [0.5, 0.6) is 0 Å². The Kier molecular flexibility index (Phi) is 6.96. The summed E-state index contributed by atoms with van der Waals surface area (Å²) in [6.45, 7) is 1.51. The Hall–Kier alpha value is -3.73. The van der Waals surface area contributed by atoms with E-state index < -0.39 is 10.8 Å². The largest absolute Gasteiger partial charge is 0.436 e. The molecule has 0 spiro atoms. The standard InChI is InChI=1S/C25H19Cl2N5O4S/c26-17-5-3-4-16(22(17)27)24-29-18-13-15(7-9-21(18)36-24)28-25(37)30-23(33)14-6-8-19(20(12-14)32(34)35)31-10-1-2-11-31/h3-9,12-13H,1-2,10-11H2,(H2,28,30,33,37). The van der Waals surface area contributed by atoms with E-state index in [1.807, 2.05) is 4.90 Å². The van der Waals surface area contributed by atoms with E-state index in [1.54, 1.807) is 48.5 Å². The van der Waals surface area contributed by atoms with Crippen molar-refractivity contribution in [2.24, 2.45) is 0 Å². The van der Waals surface area contributed by atoms with E-state index in [9.17, 15) is 14.9 Å². The minimum Gasteiger partial charge on any atom is -0.436 e. The van der Waals surface area contributed by atoms with Crippen LogP contribution < -0.4 is 15.5 Å². The van der Waals surface area contributed by atoms with E-state index in [1.165, 1.54) is 6.07 Å². The fourth-order valence-corrected chi connectivity index (χ4v) is 4.76. The molecule has 1 aliphatic heterocycles. The molecular weight excluding hydrogens is 537 g/mol. The van der Waals surface area contributed by atoms with Crippen molar-refractivity contribution in [3.8, 4) is 11.5 Å². The number of halogens is 2. The lowest BCUT2D eigenvalue weighted by molar-refractivity contribution is -0.384. The fourth-order valence-electron chi connectivity index (χ4n) is 4.16. The second kappa shape index (κ2) is 10.3. The minimum absolute atomic E-state index is 0.0252. The van der Waals surface area contributed by atoms with Gasteiger partial charge in [-0.05, 0) is 67.5 Å². The number of benzene rings is 3. The zero-order valence-electron chi connectivity index (χ0n) is 19.2. The van der Waals surface area contributed by atoms with Crippen LogP contribution >= 0.6 is 35.4 Å². The first-order valence-corrected chi connectivity index (χ1v) is 12.5. The number of thiocarbonyl (C=S) groups is 1. The lowest BCUT2D eigenvalue weighted by Gasteiger charge is -2.18. The fraction of sp³-hybridized carbons (Fsp3) is 0.160. The number of nitrogens with one attached hydrogen (secondary N) is 2. The predicted molar refractivity (Wildman–Crippen MR) is 148 cm³/mol. The SMILES string of the molecule is O=C(NC(=S)Nc1ccc2oc(-c3cccc(Cl)c3Cl)nc2c1)c1ccc(N2CCCC2)c([N+](=O)[O-])c1. The summed E-state index contributed by atoms with van der Waals surface area (Å²) < 4.78 is 5.81. The molecule has 0 atom stereocenters. The summed E-state index contributed by atoms with van der Waals surface area (Å²) in [6, 6.07) is 14.7. The third-order valence-electron chi connectivity index (χ3n) is 5.94.